The Labute approximate surface area is 64.6 Å². The molecular formula is C8H10O3. The van der Waals surface area contributed by atoms with Gasteiger partial charge in [-0.2, -0.15) is 0 Å². The first-order valence-electron chi connectivity index (χ1n) is 3.44. The summed E-state index contributed by atoms with van der Waals surface area (Å²) in [7, 11) is 0. The molecular weight excluding hydrogens is 144 g/mol. The molecule has 0 aliphatic carbocycles. The Morgan fingerprint density at radius 2 is 2.27 bits per heavy atom. The molecule has 0 N–H and O–H groups in total. The van der Waals surface area contributed by atoms with Crippen molar-refractivity contribution >= 4 is 0 Å². The summed E-state index contributed by atoms with van der Waals surface area (Å²) in [5.41, 5.74) is -0.386. The lowest BCUT2D eigenvalue weighted by Crippen LogP contribution is -2.07. The maximum atomic E-state index is 10.6. The molecule has 0 radical (unpaired) electrons. The monoisotopic (exact) mass is 154 g/mol. The summed E-state index contributed by atoms with van der Waals surface area (Å²) in [6.45, 7) is 3.79. The molecule has 1 rings (SSSR count). The fraction of sp³-hybridized carbons (Fsp3) is 0.375. The Morgan fingerprint density at radius 1 is 1.55 bits per heavy atom. The maximum Gasteiger partial charge on any atom is 0.339 e. The highest BCUT2D eigenvalue weighted by molar-refractivity contribution is 5.15. The average molecular weight is 154 g/mol. The molecule has 1 aromatic heterocycles. The number of hydrogen-bond acceptors (Lipinski definition) is 3. The molecule has 0 bridgehead atoms. The van der Waals surface area contributed by atoms with Crippen LogP contribution < -0.4 is 10.4 Å². The quantitative estimate of drug-likeness (QED) is 0.646. The van der Waals surface area contributed by atoms with Crippen LogP contribution in [0, 0.1) is 0 Å². The molecule has 0 amide bonds. The lowest BCUT2D eigenvalue weighted by Gasteiger charge is -2.07. The summed E-state index contributed by atoms with van der Waals surface area (Å²) in [6, 6.07) is 2.93. The van der Waals surface area contributed by atoms with Crippen molar-refractivity contribution in [3.05, 3.63) is 28.8 Å². The number of rotatable bonds is 2. The summed E-state index contributed by atoms with van der Waals surface area (Å²) >= 11 is 0. The molecule has 0 spiro atoms. The summed E-state index contributed by atoms with van der Waals surface area (Å²) in [5.74, 6) is 0.552. The standard InChI is InChI=1S/C8H10O3/c1-6(2)11-7-3-4-10-8(9)5-7/h3-6H,1-2H3. The van der Waals surface area contributed by atoms with E-state index in [-0.39, 0.29) is 11.7 Å². The molecule has 0 aromatic carbocycles. The van der Waals surface area contributed by atoms with Crippen molar-refractivity contribution in [3.63, 3.8) is 0 Å². The van der Waals surface area contributed by atoms with Crippen molar-refractivity contribution in [2.24, 2.45) is 0 Å². The minimum absolute atomic E-state index is 0.0804. The van der Waals surface area contributed by atoms with Crippen LogP contribution in [0.3, 0.4) is 0 Å². The zero-order valence-electron chi connectivity index (χ0n) is 6.53. The van der Waals surface area contributed by atoms with E-state index in [9.17, 15) is 4.79 Å². The third-order valence-electron chi connectivity index (χ3n) is 1.05. The van der Waals surface area contributed by atoms with Gasteiger partial charge in [-0.3, -0.25) is 0 Å². The first kappa shape index (κ1) is 7.85. The van der Waals surface area contributed by atoms with Crippen molar-refractivity contribution in [2.45, 2.75) is 20.0 Å². The Hall–Kier alpha value is -1.25. The van der Waals surface area contributed by atoms with Gasteiger partial charge in [0.05, 0.1) is 18.4 Å². The molecule has 1 aromatic rings. The molecule has 3 nitrogen and oxygen atoms in total. The third kappa shape index (κ3) is 2.45. The van der Waals surface area contributed by atoms with Gasteiger partial charge >= 0.3 is 5.63 Å². The van der Waals surface area contributed by atoms with E-state index in [4.69, 9.17) is 4.74 Å². The molecule has 0 atom stereocenters. The van der Waals surface area contributed by atoms with Crippen LogP contribution in [0.25, 0.3) is 0 Å². The Kier molecular flexibility index (Phi) is 2.31. The van der Waals surface area contributed by atoms with Crippen LogP contribution in [-0.4, -0.2) is 6.10 Å². The average Bonchev–Trinajstić information content (AvgIpc) is 1.85. The first-order valence-corrected chi connectivity index (χ1v) is 3.44. The van der Waals surface area contributed by atoms with Crippen molar-refractivity contribution in [1.29, 1.82) is 0 Å². The zero-order chi connectivity index (χ0) is 8.27. The summed E-state index contributed by atoms with van der Waals surface area (Å²) in [5, 5.41) is 0. The van der Waals surface area contributed by atoms with E-state index < -0.39 is 0 Å². The SMILES string of the molecule is CC(C)Oc1ccoc(=O)c1. The number of ether oxygens (including phenoxy) is 1. The van der Waals surface area contributed by atoms with Gasteiger partial charge in [0.15, 0.2) is 0 Å². The van der Waals surface area contributed by atoms with E-state index in [1.165, 1.54) is 12.3 Å². The Balaban J connectivity index is 2.80. The fourth-order valence-corrected chi connectivity index (χ4v) is 0.712. The normalized spacial score (nSPS) is 10.1. The van der Waals surface area contributed by atoms with Gasteiger partial charge in [0.25, 0.3) is 0 Å². The van der Waals surface area contributed by atoms with E-state index in [0.717, 1.165) is 0 Å². The minimum atomic E-state index is -0.386. The molecule has 11 heavy (non-hydrogen) atoms. The van der Waals surface area contributed by atoms with Crippen LogP contribution in [0.5, 0.6) is 5.75 Å². The van der Waals surface area contributed by atoms with Crippen LogP contribution in [0.2, 0.25) is 0 Å². The molecule has 0 fully saturated rings. The van der Waals surface area contributed by atoms with E-state index in [1.54, 1.807) is 6.07 Å². The van der Waals surface area contributed by atoms with Gasteiger partial charge in [0, 0.05) is 6.07 Å². The highest BCUT2D eigenvalue weighted by Gasteiger charge is 1.97. The molecule has 0 aliphatic rings. The van der Waals surface area contributed by atoms with Crippen LogP contribution >= 0.6 is 0 Å². The minimum Gasteiger partial charge on any atom is -0.491 e. The second-order valence-electron chi connectivity index (χ2n) is 2.45. The fourth-order valence-electron chi connectivity index (χ4n) is 0.712. The van der Waals surface area contributed by atoms with Crippen LogP contribution in [0.15, 0.2) is 27.6 Å². The predicted molar refractivity (Wildman–Crippen MR) is 40.7 cm³/mol. The van der Waals surface area contributed by atoms with Crippen LogP contribution in [-0.2, 0) is 0 Å². The van der Waals surface area contributed by atoms with E-state index in [2.05, 4.69) is 4.42 Å². The summed E-state index contributed by atoms with van der Waals surface area (Å²) in [4.78, 5) is 10.6. The summed E-state index contributed by atoms with van der Waals surface area (Å²) in [6.07, 6.45) is 1.40. The van der Waals surface area contributed by atoms with Gasteiger partial charge in [-0.1, -0.05) is 0 Å². The van der Waals surface area contributed by atoms with Crippen molar-refractivity contribution < 1.29 is 9.15 Å². The van der Waals surface area contributed by atoms with E-state index in [1.807, 2.05) is 13.8 Å². The zero-order valence-corrected chi connectivity index (χ0v) is 6.53. The molecule has 0 aliphatic heterocycles. The van der Waals surface area contributed by atoms with Crippen molar-refractivity contribution in [1.82, 2.24) is 0 Å². The van der Waals surface area contributed by atoms with Gasteiger partial charge in [-0.05, 0) is 13.8 Å². The van der Waals surface area contributed by atoms with E-state index in [0.29, 0.717) is 5.75 Å². The van der Waals surface area contributed by atoms with Crippen molar-refractivity contribution in [3.8, 4) is 5.75 Å². The van der Waals surface area contributed by atoms with Gasteiger partial charge in [0.1, 0.15) is 5.75 Å². The topological polar surface area (TPSA) is 39.4 Å². The third-order valence-corrected chi connectivity index (χ3v) is 1.05. The lowest BCUT2D eigenvalue weighted by atomic mass is 10.4. The highest BCUT2D eigenvalue weighted by atomic mass is 16.5. The van der Waals surface area contributed by atoms with Gasteiger partial charge in [0.2, 0.25) is 0 Å². The molecule has 60 valence electrons. The van der Waals surface area contributed by atoms with Gasteiger partial charge in [-0.15, -0.1) is 0 Å². The molecule has 1 heterocycles. The Bertz CT molecular complexity index is 275. The van der Waals surface area contributed by atoms with Crippen LogP contribution in [0.4, 0.5) is 0 Å². The van der Waals surface area contributed by atoms with E-state index >= 15 is 0 Å². The van der Waals surface area contributed by atoms with Gasteiger partial charge in [-0.25, -0.2) is 4.79 Å². The second-order valence-corrected chi connectivity index (χ2v) is 2.45. The highest BCUT2D eigenvalue weighted by Crippen LogP contribution is 2.07. The first-order chi connectivity index (χ1) is 5.18. The smallest absolute Gasteiger partial charge is 0.339 e. The lowest BCUT2D eigenvalue weighted by molar-refractivity contribution is 0.239. The Morgan fingerprint density at radius 3 is 2.82 bits per heavy atom. The molecule has 0 unspecified atom stereocenters. The molecule has 0 saturated heterocycles. The largest absolute Gasteiger partial charge is 0.491 e. The number of hydrogen-bond donors (Lipinski definition) is 0. The van der Waals surface area contributed by atoms with Crippen LogP contribution in [0.1, 0.15) is 13.8 Å². The summed E-state index contributed by atoms with van der Waals surface area (Å²) < 4.78 is 9.75. The maximum absolute atomic E-state index is 10.6. The molecule has 3 heteroatoms. The second kappa shape index (κ2) is 3.23. The van der Waals surface area contributed by atoms with Gasteiger partial charge < -0.3 is 9.15 Å². The van der Waals surface area contributed by atoms with Crippen molar-refractivity contribution in [2.75, 3.05) is 0 Å². The predicted octanol–water partition coefficient (Wildman–Crippen LogP) is 1.43. The molecule has 0 saturated carbocycles.